The Morgan fingerprint density at radius 1 is 0.950 bits per heavy atom. The van der Waals surface area contributed by atoms with Crippen molar-refractivity contribution in [3.8, 4) is 0 Å². The summed E-state index contributed by atoms with van der Waals surface area (Å²) in [6, 6.07) is 16.8. The van der Waals surface area contributed by atoms with Crippen molar-refractivity contribution in [3.05, 3.63) is 94.8 Å². The molecule has 2 unspecified atom stereocenters. The van der Waals surface area contributed by atoms with E-state index in [1.54, 1.807) is 42.5 Å². The van der Waals surface area contributed by atoms with Gasteiger partial charge in [0.1, 0.15) is 17.9 Å². The molecule has 0 bridgehead atoms. The number of rotatable bonds is 6. The maximum atomic E-state index is 14.6. The van der Waals surface area contributed by atoms with E-state index < -0.39 is 35.8 Å². The summed E-state index contributed by atoms with van der Waals surface area (Å²) in [4.78, 5) is 43.4. The topological polar surface area (TPSA) is 90.0 Å². The Labute approximate surface area is 237 Å². The Morgan fingerprint density at radius 3 is 2.40 bits per heavy atom. The highest BCUT2D eigenvalue weighted by atomic mass is 35.5. The largest absolute Gasteiger partial charge is 0.465 e. The van der Waals surface area contributed by atoms with Gasteiger partial charge in [0, 0.05) is 22.3 Å². The Bertz CT molecular complexity index is 1410. The average molecular weight is 564 g/mol. The zero-order valence-electron chi connectivity index (χ0n) is 21.9. The van der Waals surface area contributed by atoms with Crippen LogP contribution in [0, 0.1) is 5.82 Å². The van der Waals surface area contributed by atoms with Crippen molar-refractivity contribution in [1.82, 2.24) is 5.32 Å². The molecule has 0 aromatic heterocycles. The number of fused-ring (bicyclic) bond motifs is 1. The highest BCUT2D eigenvalue weighted by Gasteiger charge is 2.43. The third kappa shape index (κ3) is 5.68. The van der Waals surface area contributed by atoms with E-state index in [0.717, 1.165) is 42.6 Å². The van der Waals surface area contributed by atoms with E-state index in [2.05, 4.69) is 5.32 Å². The molecule has 1 aliphatic carbocycles. The standard InChI is InChI=1S/C31H31ClFN3O4/c32-25-15-6-5-14-24(25)28(29(37)34-22-11-2-1-3-12-22)35(23-13-8-10-21(33)19-23)30(38)27-18-17-20-9-4-7-16-26(20)36(27)31(39)40/h4-10,13-16,19,22,27-28H,1-3,11-12,17-18H2,(H,34,37)(H,39,40). The van der Waals surface area contributed by atoms with Gasteiger partial charge in [-0.3, -0.25) is 19.4 Å². The lowest BCUT2D eigenvalue weighted by Crippen LogP contribution is -2.56. The SMILES string of the molecule is O=C(NC1CCCCC1)C(c1ccccc1Cl)N(C(=O)C1CCc2ccccc2N1C(=O)O)c1cccc(F)c1. The number of carbonyl (C=O) groups is 3. The van der Waals surface area contributed by atoms with Gasteiger partial charge in [0.2, 0.25) is 5.91 Å². The van der Waals surface area contributed by atoms with Gasteiger partial charge < -0.3 is 10.4 Å². The van der Waals surface area contributed by atoms with Gasteiger partial charge in [-0.05, 0) is 61.6 Å². The van der Waals surface area contributed by atoms with Crippen molar-refractivity contribution in [3.63, 3.8) is 0 Å². The fourth-order valence-electron chi connectivity index (χ4n) is 5.83. The minimum absolute atomic E-state index is 0.0622. The number of halogens is 2. The summed E-state index contributed by atoms with van der Waals surface area (Å²) in [5, 5.41) is 13.6. The number of benzene rings is 3. The van der Waals surface area contributed by atoms with Crippen molar-refractivity contribution < 1.29 is 23.9 Å². The molecule has 2 atom stereocenters. The molecule has 1 heterocycles. The van der Waals surface area contributed by atoms with Crippen LogP contribution in [0.3, 0.4) is 0 Å². The maximum Gasteiger partial charge on any atom is 0.412 e. The monoisotopic (exact) mass is 563 g/mol. The normalized spacial score (nSPS) is 17.9. The molecule has 2 N–H and O–H groups in total. The zero-order valence-corrected chi connectivity index (χ0v) is 22.7. The van der Waals surface area contributed by atoms with Crippen LogP contribution in [-0.2, 0) is 16.0 Å². The van der Waals surface area contributed by atoms with Gasteiger partial charge in [-0.15, -0.1) is 0 Å². The van der Waals surface area contributed by atoms with Crippen LogP contribution >= 0.6 is 11.6 Å². The summed E-state index contributed by atoms with van der Waals surface area (Å²) in [6.07, 6.45) is 4.11. The van der Waals surface area contributed by atoms with Crippen LogP contribution in [0.4, 0.5) is 20.6 Å². The number of hydrogen-bond acceptors (Lipinski definition) is 3. The van der Waals surface area contributed by atoms with Crippen LogP contribution in [0.5, 0.6) is 0 Å². The Morgan fingerprint density at radius 2 is 1.68 bits per heavy atom. The average Bonchev–Trinajstić information content (AvgIpc) is 2.95. The molecular weight excluding hydrogens is 533 g/mol. The molecule has 3 aromatic rings. The molecule has 7 nitrogen and oxygen atoms in total. The molecule has 40 heavy (non-hydrogen) atoms. The number of nitrogens with one attached hydrogen (secondary N) is 1. The number of para-hydroxylation sites is 1. The number of carboxylic acid groups (broad SMARTS) is 1. The third-order valence-corrected chi connectivity index (χ3v) is 8.07. The van der Waals surface area contributed by atoms with Gasteiger partial charge >= 0.3 is 6.09 Å². The minimum Gasteiger partial charge on any atom is -0.465 e. The third-order valence-electron chi connectivity index (χ3n) is 7.72. The summed E-state index contributed by atoms with van der Waals surface area (Å²) < 4.78 is 14.6. The van der Waals surface area contributed by atoms with E-state index in [9.17, 15) is 23.9 Å². The fraction of sp³-hybridized carbons (Fsp3) is 0.323. The molecule has 5 rings (SSSR count). The van der Waals surface area contributed by atoms with Gasteiger partial charge in [0.25, 0.3) is 5.91 Å². The van der Waals surface area contributed by atoms with Crippen molar-refractivity contribution in [2.75, 3.05) is 9.80 Å². The smallest absolute Gasteiger partial charge is 0.412 e. The summed E-state index contributed by atoms with van der Waals surface area (Å²) in [5.74, 6) is -1.67. The van der Waals surface area contributed by atoms with Crippen LogP contribution in [0.25, 0.3) is 0 Å². The minimum atomic E-state index is -1.29. The molecule has 0 spiro atoms. The van der Waals surface area contributed by atoms with Gasteiger partial charge in [0.15, 0.2) is 0 Å². The molecule has 3 amide bonds. The summed E-state index contributed by atoms with van der Waals surface area (Å²) in [7, 11) is 0. The van der Waals surface area contributed by atoms with Gasteiger partial charge in [-0.25, -0.2) is 9.18 Å². The van der Waals surface area contributed by atoms with E-state index in [4.69, 9.17) is 11.6 Å². The number of anilines is 2. The second-order valence-electron chi connectivity index (χ2n) is 10.3. The second-order valence-corrected chi connectivity index (χ2v) is 10.7. The van der Waals surface area contributed by atoms with Gasteiger partial charge in [0.05, 0.1) is 5.69 Å². The van der Waals surface area contributed by atoms with E-state index in [1.165, 1.54) is 23.1 Å². The quantitative estimate of drug-likeness (QED) is 0.358. The van der Waals surface area contributed by atoms with E-state index >= 15 is 0 Å². The molecule has 9 heteroatoms. The first-order valence-electron chi connectivity index (χ1n) is 13.6. The van der Waals surface area contributed by atoms with Crippen molar-refractivity contribution in [2.24, 2.45) is 0 Å². The lowest BCUT2D eigenvalue weighted by Gasteiger charge is -2.40. The lowest BCUT2D eigenvalue weighted by molar-refractivity contribution is -0.127. The predicted octanol–water partition coefficient (Wildman–Crippen LogP) is 6.50. The van der Waals surface area contributed by atoms with Crippen LogP contribution in [0.2, 0.25) is 5.02 Å². The highest BCUT2D eigenvalue weighted by molar-refractivity contribution is 6.31. The lowest BCUT2D eigenvalue weighted by atomic mass is 9.93. The fourth-order valence-corrected chi connectivity index (χ4v) is 6.07. The molecule has 3 aromatic carbocycles. The molecule has 208 valence electrons. The number of hydrogen-bond donors (Lipinski definition) is 2. The Kier molecular flexibility index (Phi) is 8.35. The molecule has 0 saturated heterocycles. The highest BCUT2D eigenvalue weighted by Crippen LogP contribution is 2.37. The summed E-state index contributed by atoms with van der Waals surface area (Å²) in [6.45, 7) is 0. The van der Waals surface area contributed by atoms with Crippen molar-refractivity contribution in [1.29, 1.82) is 0 Å². The summed E-state index contributed by atoms with van der Waals surface area (Å²) in [5.41, 5.74) is 1.73. The van der Waals surface area contributed by atoms with Gasteiger partial charge in [-0.2, -0.15) is 0 Å². The Balaban J connectivity index is 1.62. The van der Waals surface area contributed by atoms with Crippen molar-refractivity contribution >= 4 is 40.9 Å². The van der Waals surface area contributed by atoms with Crippen molar-refractivity contribution in [2.45, 2.75) is 63.1 Å². The van der Waals surface area contributed by atoms with Crippen LogP contribution in [0.15, 0.2) is 72.8 Å². The first kappa shape index (κ1) is 27.6. The molecule has 1 aliphatic heterocycles. The van der Waals surface area contributed by atoms with Crippen LogP contribution in [-0.4, -0.2) is 35.1 Å². The number of nitrogens with zero attached hydrogens (tertiary/aromatic N) is 2. The van der Waals surface area contributed by atoms with Crippen LogP contribution in [0.1, 0.15) is 55.7 Å². The van der Waals surface area contributed by atoms with Gasteiger partial charge in [-0.1, -0.05) is 73.3 Å². The first-order chi connectivity index (χ1) is 19.3. The first-order valence-corrected chi connectivity index (χ1v) is 14.0. The molecular formula is C31H31ClFN3O4. The molecule has 1 fully saturated rings. The molecule has 2 aliphatic rings. The number of aryl methyl sites for hydroxylation is 1. The second kappa shape index (κ2) is 12.1. The summed E-state index contributed by atoms with van der Waals surface area (Å²) >= 11 is 6.61. The number of carbonyl (C=O) groups excluding carboxylic acids is 2. The predicted molar refractivity (Wildman–Crippen MR) is 152 cm³/mol. The van der Waals surface area contributed by atoms with Crippen LogP contribution < -0.4 is 15.1 Å². The van der Waals surface area contributed by atoms with E-state index in [0.29, 0.717) is 17.7 Å². The number of amides is 3. The van der Waals surface area contributed by atoms with E-state index in [-0.39, 0.29) is 23.2 Å². The maximum absolute atomic E-state index is 14.6. The zero-order chi connectivity index (χ0) is 28.2. The molecule has 1 saturated carbocycles. The molecule has 0 radical (unpaired) electrons. The van der Waals surface area contributed by atoms with E-state index in [1.807, 2.05) is 12.1 Å². The Hall–Kier alpha value is -3.91.